The molecule has 1 spiro atoms. The van der Waals surface area contributed by atoms with E-state index in [-0.39, 0.29) is 23.1 Å². The Labute approximate surface area is 139 Å². The second kappa shape index (κ2) is 6.42. The van der Waals surface area contributed by atoms with Crippen molar-refractivity contribution in [2.75, 3.05) is 27.2 Å². The van der Waals surface area contributed by atoms with Gasteiger partial charge in [0.2, 0.25) is 11.8 Å². The number of piperidine rings is 1. The van der Waals surface area contributed by atoms with Crippen LogP contribution in [0.5, 0.6) is 0 Å². The first-order valence-electron chi connectivity index (χ1n) is 9.12. The molecule has 23 heavy (non-hydrogen) atoms. The van der Waals surface area contributed by atoms with Crippen LogP contribution >= 0.6 is 0 Å². The van der Waals surface area contributed by atoms with E-state index in [0.29, 0.717) is 25.1 Å². The van der Waals surface area contributed by atoms with E-state index in [1.807, 2.05) is 19.0 Å². The molecule has 1 saturated heterocycles. The van der Waals surface area contributed by atoms with Gasteiger partial charge < -0.3 is 14.5 Å². The maximum absolute atomic E-state index is 12.9. The average molecular weight is 322 g/mol. The van der Waals surface area contributed by atoms with Crippen molar-refractivity contribution in [1.82, 2.24) is 9.80 Å². The summed E-state index contributed by atoms with van der Waals surface area (Å²) in [6, 6.07) is 0.295. The molecule has 0 aromatic carbocycles. The van der Waals surface area contributed by atoms with Crippen molar-refractivity contribution in [3.05, 3.63) is 0 Å². The van der Waals surface area contributed by atoms with Crippen molar-refractivity contribution in [2.45, 2.75) is 64.0 Å². The van der Waals surface area contributed by atoms with Crippen LogP contribution in [0.4, 0.5) is 0 Å². The second-order valence-electron chi connectivity index (χ2n) is 7.59. The van der Waals surface area contributed by atoms with Crippen molar-refractivity contribution in [3.8, 4) is 0 Å². The van der Waals surface area contributed by atoms with Crippen LogP contribution in [0.3, 0.4) is 0 Å². The number of amides is 2. The number of nitrogens with zero attached hydrogens (tertiary/aromatic N) is 2. The summed E-state index contributed by atoms with van der Waals surface area (Å²) in [7, 11) is 3.76. The Morgan fingerprint density at radius 3 is 2.70 bits per heavy atom. The van der Waals surface area contributed by atoms with Crippen LogP contribution < -0.4 is 0 Å². The van der Waals surface area contributed by atoms with Gasteiger partial charge in [-0.2, -0.15) is 0 Å². The third-order valence-corrected chi connectivity index (χ3v) is 6.47. The first-order valence-corrected chi connectivity index (χ1v) is 9.12. The van der Waals surface area contributed by atoms with Crippen LogP contribution in [0.1, 0.15) is 51.9 Å². The van der Waals surface area contributed by atoms with E-state index in [0.717, 1.165) is 19.4 Å². The van der Waals surface area contributed by atoms with Gasteiger partial charge in [0.1, 0.15) is 0 Å². The second-order valence-corrected chi connectivity index (χ2v) is 7.59. The molecule has 0 N–H and O–H groups in total. The molecule has 3 atom stereocenters. The van der Waals surface area contributed by atoms with Gasteiger partial charge in [0, 0.05) is 51.0 Å². The predicted molar refractivity (Wildman–Crippen MR) is 87.9 cm³/mol. The maximum atomic E-state index is 12.9. The molecule has 3 aliphatic rings. The Balaban J connectivity index is 1.67. The molecule has 5 nitrogen and oxygen atoms in total. The number of hydrogen-bond acceptors (Lipinski definition) is 3. The summed E-state index contributed by atoms with van der Waals surface area (Å²) < 4.78 is 5.95. The number of carbonyl (C=O) groups is 2. The Morgan fingerprint density at radius 1 is 1.39 bits per heavy atom. The average Bonchev–Trinajstić information content (AvgIpc) is 3.05. The highest BCUT2D eigenvalue weighted by Crippen LogP contribution is 2.56. The number of hydrogen-bond donors (Lipinski definition) is 0. The van der Waals surface area contributed by atoms with Gasteiger partial charge in [0.15, 0.2) is 0 Å². The van der Waals surface area contributed by atoms with Crippen LogP contribution in [0, 0.1) is 11.3 Å². The van der Waals surface area contributed by atoms with Crippen molar-refractivity contribution >= 4 is 11.8 Å². The van der Waals surface area contributed by atoms with Crippen LogP contribution in [-0.2, 0) is 14.3 Å². The standard InChI is InChI=1S/C18H30N2O3/c1-4-23-15-12-14(18(15)8-5-6-9-18)20(3)17(22)13-7-10-19(2)16(21)11-13/h13-15H,4-12H2,1-3H3/t13-,14+,15-/m1/s1. The van der Waals surface area contributed by atoms with E-state index in [4.69, 9.17) is 4.74 Å². The van der Waals surface area contributed by atoms with Gasteiger partial charge in [-0.3, -0.25) is 9.59 Å². The summed E-state index contributed by atoms with van der Waals surface area (Å²) in [6.07, 6.45) is 7.27. The van der Waals surface area contributed by atoms with Crippen LogP contribution in [0.25, 0.3) is 0 Å². The first-order chi connectivity index (χ1) is 11.0. The molecule has 0 unspecified atom stereocenters. The Morgan fingerprint density at radius 2 is 2.09 bits per heavy atom. The lowest BCUT2D eigenvalue weighted by Gasteiger charge is -2.57. The van der Waals surface area contributed by atoms with E-state index in [1.54, 1.807) is 4.90 Å². The van der Waals surface area contributed by atoms with Gasteiger partial charge in [-0.05, 0) is 32.6 Å². The van der Waals surface area contributed by atoms with E-state index in [9.17, 15) is 9.59 Å². The normalized spacial score (nSPS) is 32.9. The molecular formula is C18H30N2O3. The molecule has 1 heterocycles. The third-order valence-electron chi connectivity index (χ3n) is 6.47. The van der Waals surface area contributed by atoms with Crippen LogP contribution in [0.15, 0.2) is 0 Å². The van der Waals surface area contributed by atoms with Crippen LogP contribution in [-0.4, -0.2) is 61.0 Å². The van der Waals surface area contributed by atoms with E-state index >= 15 is 0 Å². The van der Waals surface area contributed by atoms with Gasteiger partial charge in [-0.1, -0.05) is 12.8 Å². The lowest BCUT2D eigenvalue weighted by molar-refractivity contribution is -0.176. The Kier molecular flexibility index (Phi) is 4.68. The molecular weight excluding hydrogens is 292 g/mol. The minimum absolute atomic E-state index is 0.0966. The number of rotatable bonds is 4. The number of likely N-dealkylation sites (tertiary alicyclic amines) is 1. The fourth-order valence-corrected chi connectivity index (χ4v) is 4.99. The maximum Gasteiger partial charge on any atom is 0.226 e. The lowest BCUT2D eigenvalue weighted by atomic mass is 9.60. The summed E-state index contributed by atoms with van der Waals surface area (Å²) in [4.78, 5) is 28.5. The summed E-state index contributed by atoms with van der Waals surface area (Å²) in [5.74, 6) is 0.130. The van der Waals surface area contributed by atoms with Gasteiger partial charge in [-0.25, -0.2) is 0 Å². The topological polar surface area (TPSA) is 49.9 Å². The summed E-state index contributed by atoms with van der Waals surface area (Å²) in [5, 5.41) is 0. The molecule has 130 valence electrons. The SMILES string of the molecule is CCO[C@@H]1C[C@H](N(C)C(=O)[C@@H]2CCN(C)C(=O)C2)C12CCCC2. The van der Waals surface area contributed by atoms with Crippen molar-refractivity contribution in [2.24, 2.45) is 11.3 Å². The fraction of sp³-hybridized carbons (Fsp3) is 0.889. The molecule has 2 aliphatic carbocycles. The molecule has 0 aromatic rings. The molecule has 1 aliphatic heterocycles. The predicted octanol–water partition coefficient (Wildman–Crippen LogP) is 2.05. The van der Waals surface area contributed by atoms with Crippen molar-refractivity contribution in [1.29, 1.82) is 0 Å². The highest BCUT2D eigenvalue weighted by atomic mass is 16.5. The molecule has 3 rings (SSSR count). The Bertz CT molecular complexity index is 473. The molecule has 0 bridgehead atoms. The highest BCUT2D eigenvalue weighted by molar-refractivity contribution is 5.87. The van der Waals surface area contributed by atoms with Crippen LogP contribution in [0.2, 0.25) is 0 Å². The molecule has 0 aromatic heterocycles. The first kappa shape index (κ1) is 16.7. The lowest BCUT2D eigenvalue weighted by Crippen LogP contribution is -2.64. The summed E-state index contributed by atoms with van der Waals surface area (Å²) in [6.45, 7) is 3.50. The minimum atomic E-state index is -0.131. The zero-order chi connectivity index (χ0) is 16.6. The van der Waals surface area contributed by atoms with Gasteiger partial charge in [-0.15, -0.1) is 0 Å². The third kappa shape index (κ3) is 2.77. The Hall–Kier alpha value is -1.10. The van der Waals surface area contributed by atoms with Crippen molar-refractivity contribution < 1.29 is 14.3 Å². The summed E-state index contributed by atoms with van der Waals surface area (Å²) in [5.41, 5.74) is 0.176. The quantitative estimate of drug-likeness (QED) is 0.796. The van der Waals surface area contributed by atoms with Crippen molar-refractivity contribution in [3.63, 3.8) is 0 Å². The van der Waals surface area contributed by atoms with E-state index < -0.39 is 0 Å². The fourth-order valence-electron chi connectivity index (χ4n) is 4.99. The van der Waals surface area contributed by atoms with Gasteiger partial charge >= 0.3 is 0 Å². The molecule has 5 heteroatoms. The van der Waals surface area contributed by atoms with E-state index in [2.05, 4.69) is 6.92 Å². The zero-order valence-corrected chi connectivity index (χ0v) is 14.7. The molecule has 2 amide bonds. The minimum Gasteiger partial charge on any atom is -0.378 e. The molecule has 2 saturated carbocycles. The number of ether oxygens (including phenoxy) is 1. The van der Waals surface area contributed by atoms with Gasteiger partial charge in [0.25, 0.3) is 0 Å². The number of carbonyl (C=O) groups excluding carboxylic acids is 2. The zero-order valence-electron chi connectivity index (χ0n) is 14.7. The monoisotopic (exact) mass is 322 g/mol. The smallest absolute Gasteiger partial charge is 0.226 e. The molecule has 0 radical (unpaired) electrons. The summed E-state index contributed by atoms with van der Waals surface area (Å²) >= 11 is 0. The highest BCUT2D eigenvalue weighted by Gasteiger charge is 2.59. The molecule has 3 fully saturated rings. The largest absolute Gasteiger partial charge is 0.378 e. The van der Waals surface area contributed by atoms with E-state index in [1.165, 1.54) is 25.7 Å². The van der Waals surface area contributed by atoms with Gasteiger partial charge in [0.05, 0.1) is 6.10 Å².